The first kappa shape index (κ1) is 14.7. The summed E-state index contributed by atoms with van der Waals surface area (Å²) in [5, 5.41) is 3.44. The van der Waals surface area contributed by atoms with Crippen LogP contribution in [-0.2, 0) is 0 Å². The van der Waals surface area contributed by atoms with E-state index in [0.29, 0.717) is 5.82 Å². The molecule has 4 N–H and O–H groups in total. The first-order valence-electron chi connectivity index (χ1n) is 6.51. The van der Waals surface area contributed by atoms with Crippen LogP contribution >= 0.6 is 0 Å². The van der Waals surface area contributed by atoms with E-state index in [0.717, 1.165) is 24.5 Å². The average Bonchev–Trinajstić information content (AvgIpc) is 2.27. The molecule has 102 valence electrons. The summed E-state index contributed by atoms with van der Waals surface area (Å²) in [5.74, 6) is 7.97. The second-order valence-electron chi connectivity index (χ2n) is 5.55. The van der Waals surface area contributed by atoms with Gasteiger partial charge in [-0.1, -0.05) is 27.2 Å². The summed E-state index contributed by atoms with van der Waals surface area (Å²) in [7, 11) is 0. The van der Waals surface area contributed by atoms with E-state index in [2.05, 4.69) is 55.3 Å². The van der Waals surface area contributed by atoms with E-state index in [4.69, 9.17) is 5.84 Å². The molecule has 5 nitrogen and oxygen atoms in total. The maximum atomic E-state index is 5.44. The van der Waals surface area contributed by atoms with Gasteiger partial charge in [-0.15, -0.1) is 0 Å². The van der Waals surface area contributed by atoms with Crippen LogP contribution in [0.4, 0.5) is 11.6 Å². The van der Waals surface area contributed by atoms with E-state index in [1.165, 1.54) is 0 Å². The molecule has 0 bridgehead atoms. The van der Waals surface area contributed by atoms with Crippen molar-refractivity contribution >= 4 is 11.6 Å². The van der Waals surface area contributed by atoms with E-state index < -0.39 is 0 Å². The van der Waals surface area contributed by atoms with Gasteiger partial charge < -0.3 is 10.7 Å². The molecule has 18 heavy (non-hydrogen) atoms. The first-order valence-corrected chi connectivity index (χ1v) is 6.51. The second-order valence-corrected chi connectivity index (χ2v) is 5.55. The van der Waals surface area contributed by atoms with Crippen LogP contribution in [0.15, 0.2) is 6.07 Å². The maximum absolute atomic E-state index is 5.44. The smallest absolute Gasteiger partial charge is 0.145 e. The van der Waals surface area contributed by atoms with Gasteiger partial charge in [0.2, 0.25) is 0 Å². The molecule has 0 aliphatic heterocycles. The van der Waals surface area contributed by atoms with Crippen LogP contribution < -0.4 is 16.6 Å². The van der Waals surface area contributed by atoms with Crippen LogP contribution in [0.2, 0.25) is 0 Å². The number of nitrogen functional groups attached to an aromatic ring is 1. The molecule has 0 fully saturated rings. The molecule has 5 heteroatoms. The highest BCUT2D eigenvalue weighted by Crippen LogP contribution is 2.21. The third-order valence-corrected chi connectivity index (χ3v) is 2.75. The van der Waals surface area contributed by atoms with Crippen LogP contribution in [0.5, 0.6) is 0 Å². The number of hydrogen-bond acceptors (Lipinski definition) is 5. The van der Waals surface area contributed by atoms with Gasteiger partial charge in [0.25, 0.3) is 0 Å². The number of nitrogens with two attached hydrogens (primary N) is 1. The number of anilines is 2. The summed E-state index contributed by atoms with van der Waals surface area (Å²) in [5.41, 5.74) is 2.61. The molecule has 0 saturated heterocycles. The molecule has 0 radical (unpaired) electrons. The Hall–Kier alpha value is -1.36. The van der Waals surface area contributed by atoms with E-state index >= 15 is 0 Å². The zero-order valence-electron chi connectivity index (χ0n) is 12.0. The van der Waals surface area contributed by atoms with Crippen molar-refractivity contribution < 1.29 is 0 Å². The quantitative estimate of drug-likeness (QED) is 0.535. The van der Waals surface area contributed by atoms with Crippen molar-refractivity contribution in [1.29, 1.82) is 0 Å². The third kappa shape index (κ3) is 4.14. The Balaban J connectivity index is 2.97. The summed E-state index contributed by atoms with van der Waals surface area (Å²) in [6.45, 7) is 10.6. The molecule has 0 spiro atoms. The first-order chi connectivity index (χ1) is 8.38. The normalized spacial score (nSPS) is 11.7. The number of rotatable bonds is 6. The van der Waals surface area contributed by atoms with Gasteiger partial charge in [-0.2, -0.15) is 0 Å². The van der Waals surface area contributed by atoms with E-state index in [1.54, 1.807) is 0 Å². The fourth-order valence-corrected chi connectivity index (χ4v) is 1.90. The molecule has 0 aliphatic rings. The zero-order chi connectivity index (χ0) is 13.8. The molecule has 0 aliphatic carbocycles. The molecule has 1 aromatic heterocycles. The average molecular weight is 251 g/mol. The standard InChI is InChI=1S/C13H25N5/c1-6-7-13(4,5)17-10-8-11(18-14)16-12(15-10)9(2)3/h8-9H,6-7,14H2,1-5H3,(H2,15,16,17,18). The Kier molecular flexibility index (Phi) is 4.90. The lowest BCUT2D eigenvalue weighted by molar-refractivity contribution is 0.508. The second kappa shape index (κ2) is 6.00. The van der Waals surface area contributed by atoms with E-state index in [9.17, 15) is 0 Å². The molecule has 1 aromatic rings. The lowest BCUT2D eigenvalue weighted by atomic mass is 9.99. The molecule has 0 aromatic carbocycles. The van der Waals surface area contributed by atoms with Gasteiger partial charge in [0, 0.05) is 17.5 Å². The molecule has 0 unspecified atom stereocenters. The van der Waals surface area contributed by atoms with Crippen molar-refractivity contribution in [3.63, 3.8) is 0 Å². The van der Waals surface area contributed by atoms with Crippen molar-refractivity contribution in [2.75, 3.05) is 10.7 Å². The molecule has 1 rings (SSSR count). The van der Waals surface area contributed by atoms with Crippen LogP contribution in [0.25, 0.3) is 0 Å². The monoisotopic (exact) mass is 251 g/mol. The number of hydrogen-bond donors (Lipinski definition) is 3. The summed E-state index contributed by atoms with van der Waals surface area (Å²) < 4.78 is 0. The molecule has 0 atom stereocenters. The predicted octanol–water partition coefficient (Wildman–Crippen LogP) is 2.88. The minimum absolute atomic E-state index is 0.0171. The van der Waals surface area contributed by atoms with Gasteiger partial charge >= 0.3 is 0 Å². The van der Waals surface area contributed by atoms with E-state index in [1.807, 2.05) is 6.07 Å². The van der Waals surface area contributed by atoms with Crippen molar-refractivity contribution in [2.45, 2.75) is 58.9 Å². The minimum Gasteiger partial charge on any atom is -0.365 e. The Bertz CT molecular complexity index is 387. The van der Waals surface area contributed by atoms with Gasteiger partial charge in [-0.3, -0.25) is 0 Å². The van der Waals surface area contributed by atoms with Crippen molar-refractivity contribution in [1.82, 2.24) is 9.97 Å². The third-order valence-electron chi connectivity index (χ3n) is 2.75. The largest absolute Gasteiger partial charge is 0.365 e. The fourth-order valence-electron chi connectivity index (χ4n) is 1.90. The molecular weight excluding hydrogens is 226 g/mol. The van der Waals surface area contributed by atoms with Crippen LogP contribution in [0, 0.1) is 0 Å². The predicted molar refractivity (Wildman–Crippen MR) is 76.5 cm³/mol. The van der Waals surface area contributed by atoms with Gasteiger partial charge in [0.1, 0.15) is 17.5 Å². The fraction of sp³-hybridized carbons (Fsp3) is 0.692. The molecule has 1 heterocycles. The summed E-state index contributed by atoms with van der Waals surface area (Å²) >= 11 is 0. The molecule has 0 saturated carbocycles. The van der Waals surface area contributed by atoms with Gasteiger partial charge in [-0.05, 0) is 20.3 Å². The van der Waals surface area contributed by atoms with Crippen molar-refractivity contribution in [2.24, 2.45) is 5.84 Å². The van der Waals surface area contributed by atoms with Gasteiger partial charge in [-0.25, -0.2) is 15.8 Å². The topological polar surface area (TPSA) is 75.9 Å². The number of nitrogens with one attached hydrogen (secondary N) is 2. The Labute approximate surface area is 110 Å². The Morgan fingerprint density at radius 1 is 1.28 bits per heavy atom. The van der Waals surface area contributed by atoms with E-state index in [-0.39, 0.29) is 11.5 Å². The number of aromatic nitrogens is 2. The SMILES string of the molecule is CCCC(C)(C)Nc1cc(NN)nc(C(C)C)n1. The maximum Gasteiger partial charge on any atom is 0.145 e. The van der Waals surface area contributed by atoms with Gasteiger partial charge in [0.05, 0.1) is 0 Å². The van der Waals surface area contributed by atoms with Crippen LogP contribution in [-0.4, -0.2) is 15.5 Å². The molecular formula is C13H25N5. The highest BCUT2D eigenvalue weighted by molar-refractivity contribution is 5.48. The summed E-state index contributed by atoms with van der Waals surface area (Å²) in [6.07, 6.45) is 2.21. The van der Waals surface area contributed by atoms with Crippen LogP contribution in [0.1, 0.15) is 59.2 Å². The zero-order valence-corrected chi connectivity index (χ0v) is 12.0. The lowest BCUT2D eigenvalue weighted by Gasteiger charge is -2.27. The minimum atomic E-state index is 0.0171. The molecule has 0 amide bonds. The van der Waals surface area contributed by atoms with Gasteiger partial charge in [0.15, 0.2) is 0 Å². The number of hydrazine groups is 1. The highest BCUT2D eigenvalue weighted by atomic mass is 15.3. The van der Waals surface area contributed by atoms with Crippen LogP contribution in [0.3, 0.4) is 0 Å². The lowest BCUT2D eigenvalue weighted by Crippen LogP contribution is -2.31. The summed E-state index contributed by atoms with van der Waals surface area (Å²) in [6, 6.07) is 1.84. The van der Waals surface area contributed by atoms with Crippen molar-refractivity contribution in [3.05, 3.63) is 11.9 Å². The van der Waals surface area contributed by atoms with Crippen molar-refractivity contribution in [3.8, 4) is 0 Å². The highest BCUT2D eigenvalue weighted by Gasteiger charge is 2.18. The Morgan fingerprint density at radius 2 is 1.89 bits per heavy atom. The Morgan fingerprint density at radius 3 is 2.39 bits per heavy atom. The number of nitrogens with zero attached hydrogens (tertiary/aromatic N) is 2. The summed E-state index contributed by atoms with van der Waals surface area (Å²) in [4.78, 5) is 8.87.